The molecule has 2 atom stereocenters. The number of hydrogen-bond acceptors (Lipinski definition) is 2. The number of piperidine rings is 1. The van der Waals surface area contributed by atoms with E-state index in [0.29, 0.717) is 12.0 Å². The largest absolute Gasteiger partial charge is 0.387 e. The summed E-state index contributed by atoms with van der Waals surface area (Å²) in [5, 5.41) is 7.17. The van der Waals surface area contributed by atoms with Gasteiger partial charge in [0, 0.05) is 30.7 Å². The lowest BCUT2D eigenvalue weighted by atomic mass is 9.85. The molecule has 0 saturated carbocycles. The van der Waals surface area contributed by atoms with Gasteiger partial charge in [0.05, 0.1) is 0 Å². The first-order valence-corrected chi connectivity index (χ1v) is 5.51. The lowest BCUT2D eigenvalue weighted by Gasteiger charge is -2.37. The second-order valence-electron chi connectivity index (χ2n) is 4.25. The van der Waals surface area contributed by atoms with Gasteiger partial charge in [0.2, 0.25) is 0 Å². The molecule has 1 fully saturated rings. The molecule has 14 heavy (non-hydrogen) atoms. The van der Waals surface area contributed by atoms with Gasteiger partial charge >= 0.3 is 0 Å². The van der Waals surface area contributed by atoms with E-state index in [1.807, 2.05) is 0 Å². The normalized spacial score (nSPS) is 34.9. The molecular weight excluding hydrogens is 172 g/mol. The summed E-state index contributed by atoms with van der Waals surface area (Å²) in [5.74, 6) is 0.594. The van der Waals surface area contributed by atoms with E-state index in [9.17, 15) is 0 Å². The molecule has 2 heteroatoms. The Morgan fingerprint density at radius 3 is 3.29 bits per heavy atom. The van der Waals surface area contributed by atoms with E-state index in [4.69, 9.17) is 0 Å². The zero-order chi connectivity index (χ0) is 9.38. The third-order valence-electron chi connectivity index (χ3n) is 3.36. The summed E-state index contributed by atoms with van der Waals surface area (Å²) in [6.07, 6.45) is 11.4. The molecule has 0 spiro atoms. The summed E-state index contributed by atoms with van der Waals surface area (Å²) in [6, 6.07) is 0.589. The van der Waals surface area contributed by atoms with Crippen molar-refractivity contribution in [2.45, 2.75) is 18.9 Å². The third-order valence-corrected chi connectivity index (χ3v) is 3.36. The zero-order valence-electron chi connectivity index (χ0n) is 8.29. The highest BCUT2D eigenvalue weighted by Crippen LogP contribution is 2.29. The molecule has 3 aliphatic rings. The van der Waals surface area contributed by atoms with E-state index in [-0.39, 0.29) is 0 Å². The van der Waals surface area contributed by atoms with Gasteiger partial charge in [0.25, 0.3) is 0 Å². The van der Waals surface area contributed by atoms with Crippen molar-refractivity contribution >= 4 is 0 Å². The smallest absolute Gasteiger partial charge is 0.0473 e. The van der Waals surface area contributed by atoms with Crippen LogP contribution in [0.3, 0.4) is 0 Å². The third kappa shape index (κ3) is 1.22. The SMILES string of the molecule is C1=CC2=C3NCCCC3NCC2C=C1. The van der Waals surface area contributed by atoms with Gasteiger partial charge in [-0.25, -0.2) is 0 Å². The molecule has 2 N–H and O–H groups in total. The first-order valence-electron chi connectivity index (χ1n) is 5.51. The van der Waals surface area contributed by atoms with Crippen molar-refractivity contribution in [1.82, 2.24) is 10.6 Å². The first kappa shape index (κ1) is 8.30. The molecule has 0 bridgehead atoms. The van der Waals surface area contributed by atoms with Crippen molar-refractivity contribution in [1.29, 1.82) is 0 Å². The maximum Gasteiger partial charge on any atom is 0.0473 e. The van der Waals surface area contributed by atoms with E-state index < -0.39 is 0 Å². The van der Waals surface area contributed by atoms with Gasteiger partial charge in [0.1, 0.15) is 0 Å². The Bertz CT molecular complexity index is 325. The van der Waals surface area contributed by atoms with Crippen LogP contribution in [0.25, 0.3) is 0 Å². The molecule has 2 heterocycles. The second kappa shape index (κ2) is 3.28. The number of allylic oxidation sites excluding steroid dienone is 3. The van der Waals surface area contributed by atoms with Crippen LogP contribution in [0.1, 0.15) is 12.8 Å². The number of nitrogens with one attached hydrogen (secondary N) is 2. The monoisotopic (exact) mass is 188 g/mol. The Morgan fingerprint density at radius 1 is 1.29 bits per heavy atom. The first-order chi connectivity index (χ1) is 6.95. The van der Waals surface area contributed by atoms with Crippen LogP contribution >= 0.6 is 0 Å². The zero-order valence-corrected chi connectivity index (χ0v) is 8.29. The fourth-order valence-corrected chi connectivity index (χ4v) is 2.63. The standard InChI is InChI=1S/C12H16N2/c1-2-5-10-9(4-1)8-14-11-6-3-7-13-12(10)11/h1-2,4-5,9,11,13-14H,3,6-8H2. The van der Waals surface area contributed by atoms with E-state index in [0.717, 1.165) is 13.1 Å². The van der Waals surface area contributed by atoms with E-state index in [1.54, 1.807) is 0 Å². The van der Waals surface area contributed by atoms with E-state index >= 15 is 0 Å². The summed E-state index contributed by atoms with van der Waals surface area (Å²) in [7, 11) is 0. The minimum absolute atomic E-state index is 0.589. The Morgan fingerprint density at radius 2 is 2.29 bits per heavy atom. The van der Waals surface area contributed by atoms with Gasteiger partial charge in [-0.2, -0.15) is 0 Å². The molecule has 2 aliphatic heterocycles. The second-order valence-corrected chi connectivity index (χ2v) is 4.25. The highest BCUT2D eigenvalue weighted by Gasteiger charge is 2.29. The van der Waals surface area contributed by atoms with Gasteiger partial charge in [0.15, 0.2) is 0 Å². The molecule has 0 aromatic rings. The Hall–Kier alpha value is -1.02. The molecule has 0 amide bonds. The summed E-state index contributed by atoms with van der Waals surface area (Å²) in [5.41, 5.74) is 2.96. The highest BCUT2D eigenvalue weighted by atomic mass is 15.0. The molecule has 0 aromatic heterocycles. The van der Waals surface area contributed by atoms with E-state index in [1.165, 1.54) is 24.1 Å². The van der Waals surface area contributed by atoms with Crippen LogP contribution in [0, 0.1) is 5.92 Å². The van der Waals surface area contributed by atoms with Gasteiger partial charge in [-0.1, -0.05) is 24.3 Å². The van der Waals surface area contributed by atoms with Crippen LogP contribution in [0.2, 0.25) is 0 Å². The van der Waals surface area contributed by atoms with Crippen molar-refractivity contribution in [3.63, 3.8) is 0 Å². The van der Waals surface area contributed by atoms with Crippen LogP contribution < -0.4 is 10.6 Å². The van der Waals surface area contributed by atoms with Gasteiger partial charge in [-0.05, 0) is 18.4 Å². The van der Waals surface area contributed by atoms with Crippen molar-refractivity contribution in [2.24, 2.45) is 5.92 Å². The summed E-state index contributed by atoms with van der Waals surface area (Å²) in [4.78, 5) is 0. The van der Waals surface area contributed by atoms with Crippen LogP contribution in [-0.4, -0.2) is 19.1 Å². The van der Waals surface area contributed by atoms with Crippen LogP contribution in [0.4, 0.5) is 0 Å². The van der Waals surface area contributed by atoms with Gasteiger partial charge < -0.3 is 10.6 Å². The molecule has 2 nitrogen and oxygen atoms in total. The molecular formula is C12H16N2. The van der Waals surface area contributed by atoms with Crippen molar-refractivity contribution in [3.05, 3.63) is 35.6 Å². The Balaban J connectivity index is 2.00. The maximum atomic E-state index is 3.61. The topological polar surface area (TPSA) is 24.1 Å². The maximum absolute atomic E-state index is 3.61. The average Bonchev–Trinajstić information content (AvgIpc) is 2.29. The van der Waals surface area contributed by atoms with E-state index in [2.05, 4.69) is 34.9 Å². The van der Waals surface area contributed by atoms with Gasteiger partial charge in [-0.15, -0.1) is 0 Å². The lowest BCUT2D eigenvalue weighted by Crippen LogP contribution is -2.48. The summed E-state index contributed by atoms with van der Waals surface area (Å²) < 4.78 is 0. The molecule has 1 saturated heterocycles. The number of rotatable bonds is 0. The molecule has 0 radical (unpaired) electrons. The van der Waals surface area contributed by atoms with Crippen LogP contribution in [-0.2, 0) is 0 Å². The average molecular weight is 188 g/mol. The Labute approximate surface area is 84.8 Å². The quantitative estimate of drug-likeness (QED) is 0.599. The number of hydrogen-bond donors (Lipinski definition) is 2. The highest BCUT2D eigenvalue weighted by molar-refractivity contribution is 5.40. The lowest BCUT2D eigenvalue weighted by molar-refractivity contribution is 0.401. The molecule has 2 unspecified atom stereocenters. The Kier molecular flexibility index (Phi) is 1.95. The predicted molar refractivity (Wildman–Crippen MR) is 57.8 cm³/mol. The van der Waals surface area contributed by atoms with Crippen molar-refractivity contribution < 1.29 is 0 Å². The van der Waals surface area contributed by atoms with Crippen LogP contribution in [0.5, 0.6) is 0 Å². The van der Waals surface area contributed by atoms with Crippen molar-refractivity contribution in [2.75, 3.05) is 13.1 Å². The minimum atomic E-state index is 0.589. The van der Waals surface area contributed by atoms with Crippen molar-refractivity contribution in [3.8, 4) is 0 Å². The number of fused-ring (bicyclic) bond motifs is 2. The fraction of sp³-hybridized carbons (Fsp3) is 0.500. The summed E-state index contributed by atoms with van der Waals surface area (Å²) >= 11 is 0. The molecule has 3 rings (SSSR count). The molecule has 1 aliphatic carbocycles. The summed E-state index contributed by atoms with van der Waals surface area (Å²) in [6.45, 7) is 2.24. The predicted octanol–water partition coefficient (Wildman–Crippen LogP) is 1.34. The molecule has 0 aromatic carbocycles. The van der Waals surface area contributed by atoms with Crippen LogP contribution in [0.15, 0.2) is 35.6 Å². The van der Waals surface area contributed by atoms with Gasteiger partial charge in [-0.3, -0.25) is 0 Å². The fourth-order valence-electron chi connectivity index (χ4n) is 2.63. The minimum Gasteiger partial charge on any atom is -0.387 e. The molecule has 74 valence electrons.